The summed E-state index contributed by atoms with van der Waals surface area (Å²) in [5.41, 5.74) is 14.3. The molecule has 1 aromatic heterocycles. The Morgan fingerprint density at radius 1 is 0.919 bits per heavy atom. The highest BCUT2D eigenvalue weighted by Crippen LogP contribution is 2.23. The standard InChI is InChI=1S/C31H34N4O2/c1-20-13-24(5)29(25(6)14-20)34-11-12-35(19-34)30-26(7)15-21(2)16-27(30)17-32-33-18-28(36)37-31-22(3)9-8-10-23(31)4/h8-16,18-19H,17H2,1-7H3/p+1. The fourth-order valence-corrected chi connectivity index (χ4v) is 5.07. The van der Waals surface area contributed by atoms with Gasteiger partial charge in [-0.15, -0.1) is 0 Å². The summed E-state index contributed by atoms with van der Waals surface area (Å²) in [6, 6.07) is 14.5. The molecule has 0 aliphatic rings. The molecule has 4 aromatic rings. The van der Waals surface area contributed by atoms with Crippen LogP contribution >= 0.6 is 0 Å². The molecule has 0 fully saturated rings. The molecular weight excluding hydrogens is 460 g/mol. The highest BCUT2D eigenvalue weighted by molar-refractivity contribution is 6.23. The molecule has 0 atom stereocenters. The molecule has 0 amide bonds. The molecule has 0 radical (unpaired) electrons. The summed E-state index contributed by atoms with van der Waals surface area (Å²) in [5, 5.41) is 4.14. The minimum Gasteiger partial charge on any atom is -0.422 e. The third kappa shape index (κ3) is 5.80. The van der Waals surface area contributed by atoms with E-state index in [1.54, 1.807) is 0 Å². The number of nitrogens with one attached hydrogen (secondary N) is 1. The van der Waals surface area contributed by atoms with Gasteiger partial charge in [0.15, 0.2) is 0 Å². The van der Waals surface area contributed by atoms with Crippen LogP contribution in [0.1, 0.15) is 44.5 Å². The Bertz CT molecular complexity index is 1450. The Morgan fingerprint density at radius 3 is 2.22 bits per heavy atom. The van der Waals surface area contributed by atoms with Gasteiger partial charge in [-0.3, -0.25) is 0 Å². The van der Waals surface area contributed by atoms with Crippen LogP contribution in [0.15, 0.2) is 66.3 Å². The molecule has 0 aliphatic carbocycles. The Morgan fingerprint density at radius 2 is 1.54 bits per heavy atom. The van der Waals surface area contributed by atoms with Crippen LogP contribution in [0.4, 0.5) is 0 Å². The number of rotatable bonds is 7. The molecular formula is C31H35N4O2+. The third-order valence-electron chi connectivity index (χ3n) is 6.45. The van der Waals surface area contributed by atoms with Gasteiger partial charge in [0.2, 0.25) is 0 Å². The number of benzene rings is 3. The molecule has 1 heterocycles. The zero-order valence-corrected chi connectivity index (χ0v) is 22.7. The zero-order chi connectivity index (χ0) is 26.7. The minimum atomic E-state index is -0.513. The van der Waals surface area contributed by atoms with Gasteiger partial charge in [-0.1, -0.05) is 47.5 Å². The molecule has 6 nitrogen and oxygen atoms in total. The van der Waals surface area contributed by atoms with Gasteiger partial charge in [-0.05, 0) is 82.3 Å². The Hall–Kier alpha value is -4.19. The van der Waals surface area contributed by atoms with Crippen molar-refractivity contribution in [3.63, 3.8) is 0 Å². The van der Waals surface area contributed by atoms with Crippen molar-refractivity contribution < 1.29 is 14.1 Å². The van der Waals surface area contributed by atoms with E-state index >= 15 is 0 Å². The van der Waals surface area contributed by atoms with Crippen LogP contribution in [-0.2, 0) is 11.3 Å². The van der Waals surface area contributed by atoms with E-state index in [-0.39, 0.29) is 0 Å². The second kappa shape index (κ2) is 10.8. The maximum absolute atomic E-state index is 12.3. The van der Waals surface area contributed by atoms with E-state index in [0.29, 0.717) is 12.3 Å². The molecule has 0 aliphatic heterocycles. The quantitative estimate of drug-likeness (QED) is 0.119. The maximum atomic E-state index is 12.3. The monoisotopic (exact) mass is 495 g/mol. The smallest absolute Gasteiger partial charge is 0.356 e. The number of hydrogen-bond acceptors (Lipinski definition) is 4. The van der Waals surface area contributed by atoms with Crippen LogP contribution in [0.3, 0.4) is 0 Å². The van der Waals surface area contributed by atoms with E-state index in [2.05, 4.69) is 97.3 Å². The predicted molar refractivity (Wildman–Crippen MR) is 148 cm³/mol. The van der Waals surface area contributed by atoms with Gasteiger partial charge >= 0.3 is 5.97 Å². The van der Waals surface area contributed by atoms with Gasteiger partial charge in [0.25, 0.3) is 6.33 Å². The van der Waals surface area contributed by atoms with Crippen molar-refractivity contribution in [2.75, 3.05) is 0 Å². The van der Waals surface area contributed by atoms with E-state index < -0.39 is 5.97 Å². The Balaban J connectivity index is 1.54. The van der Waals surface area contributed by atoms with Gasteiger partial charge < -0.3 is 10.2 Å². The van der Waals surface area contributed by atoms with Gasteiger partial charge in [0, 0.05) is 5.56 Å². The summed E-state index contributed by atoms with van der Waals surface area (Å²) < 4.78 is 9.81. The second-order valence-electron chi connectivity index (χ2n) is 9.80. The number of aromatic nitrogens is 2. The first kappa shape index (κ1) is 25.9. The maximum Gasteiger partial charge on any atom is 0.356 e. The first-order valence-corrected chi connectivity index (χ1v) is 12.5. The topological polar surface area (TPSA) is 59.5 Å². The predicted octanol–water partition coefficient (Wildman–Crippen LogP) is 5.59. The Kier molecular flexibility index (Phi) is 7.58. The summed E-state index contributed by atoms with van der Waals surface area (Å²) in [7, 11) is 0. The molecule has 0 saturated carbocycles. The fourth-order valence-electron chi connectivity index (χ4n) is 5.07. The van der Waals surface area contributed by atoms with Crippen molar-refractivity contribution in [3.8, 4) is 17.1 Å². The van der Waals surface area contributed by atoms with Crippen LogP contribution in [0.5, 0.6) is 5.75 Å². The number of ether oxygens (including phenoxy) is 1. The van der Waals surface area contributed by atoms with Crippen molar-refractivity contribution in [2.24, 2.45) is 5.10 Å². The van der Waals surface area contributed by atoms with E-state index in [1.165, 1.54) is 34.2 Å². The zero-order valence-electron chi connectivity index (χ0n) is 22.7. The van der Waals surface area contributed by atoms with E-state index in [4.69, 9.17) is 4.74 Å². The van der Waals surface area contributed by atoms with E-state index in [9.17, 15) is 4.79 Å². The van der Waals surface area contributed by atoms with Crippen LogP contribution in [0.25, 0.3) is 11.4 Å². The number of carbonyl (C=O) groups excluding carboxylic acids is 1. The van der Waals surface area contributed by atoms with Crippen molar-refractivity contribution in [1.82, 2.24) is 9.99 Å². The molecule has 37 heavy (non-hydrogen) atoms. The number of esters is 1. The SMILES string of the molecule is Cc1cc(C)c(-[n+]2ccn(-c3c(C)cc(C)cc3CNN=CC(=O)Oc3c(C)cccc3C)c2)c(C)c1. The van der Waals surface area contributed by atoms with Crippen LogP contribution < -0.4 is 14.7 Å². The minimum absolute atomic E-state index is 0.464. The molecule has 0 spiro atoms. The van der Waals surface area contributed by atoms with Crippen LogP contribution in [-0.4, -0.2) is 16.8 Å². The van der Waals surface area contributed by atoms with Crippen LogP contribution in [0, 0.1) is 48.5 Å². The lowest BCUT2D eigenvalue weighted by atomic mass is 10.0. The average molecular weight is 496 g/mol. The van der Waals surface area contributed by atoms with Crippen molar-refractivity contribution >= 4 is 12.2 Å². The number of nitrogens with zero attached hydrogens (tertiary/aromatic N) is 3. The lowest BCUT2D eigenvalue weighted by Gasteiger charge is -2.11. The average Bonchev–Trinajstić information content (AvgIpc) is 3.27. The number of hydrazone groups is 1. The van der Waals surface area contributed by atoms with Crippen molar-refractivity contribution in [1.29, 1.82) is 0 Å². The first-order chi connectivity index (χ1) is 17.6. The number of imidazole rings is 1. The summed E-state index contributed by atoms with van der Waals surface area (Å²) in [5.74, 6) is 0.0661. The lowest BCUT2D eigenvalue weighted by molar-refractivity contribution is -0.595. The third-order valence-corrected chi connectivity index (χ3v) is 6.45. The van der Waals surface area contributed by atoms with Crippen LogP contribution in [0.2, 0.25) is 0 Å². The van der Waals surface area contributed by atoms with Crippen molar-refractivity contribution in [3.05, 3.63) is 106 Å². The fraction of sp³-hybridized carbons (Fsp3) is 0.258. The van der Waals surface area contributed by atoms with E-state index in [1.807, 2.05) is 32.0 Å². The summed E-state index contributed by atoms with van der Waals surface area (Å²) in [4.78, 5) is 12.3. The Labute approximate surface area is 219 Å². The molecule has 0 unspecified atom stereocenters. The summed E-state index contributed by atoms with van der Waals surface area (Å²) in [6.07, 6.45) is 7.45. The lowest BCUT2D eigenvalue weighted by Crippen LogP contribution is -2.30. The normalized spacial score (nSPS) is 11.2. The van der Waals surface area contributed by atoms with Crippen molar-refractivity contribution in [2.45, 2.75) is 55.0 Å². The number of para-hydroxylation sites is 1. The largest absolute Gasteiger partial charge is 0.422 e. The molecule has 6 heteroatoms. The number of carbonyl (C=O) groups is 1. The van der Waals surface area contributed by atoms with E-state index in [0.717, 1.165) is 27.9 Å². The molecule has 3 aromatic carbocycles. The van der Waals surface area contributed by atoms with Gasteiger partial charge in [0.1, 0.15) is 35.7 Å². The van der Waals surface area contributed by atoms with Gasteiger partial charge in [-0.25, -0.2) is 13.9 Å². The summed E-state index contributed by atoms with van der Waals surface area (Å²) >= 11 is 0. The molecule has 4 rings (SSSR count). The molecule has 0 bridgehead atoms. The number of aryl methyl sites for hydroxylation is 7. The number of hydrogen-bond donors (Lipinski definition) is 1. The highest BCUT2D eigenvalue weighted by atomic mass is 16.5. The van der Waals surface area contributed by atoms with Gasteiger partial charge in [0.05, 0.1) is 6.54 Å². The molecule has 1 N–H and O–H groups in total. The first-order valence-electron chi connectivity index (χ1n) is 12.5. The molecule has 190 valence electrons. The highest BCUT2D eigenvalue weighted by Gasteiger charge is 2.18. The summed E-state index contributed by atoms with van der Waals surface area (Å²) in [6.45, 7) is 14.9. The molecule has 0 saturated heterocycles. The second-order valence-corrected chi connectivity index (χ2v) is 9.80. The van der Waals surface area contributed by atoms with Gasteiger partial charge in [-0.2, -0.15) is 5.10 Å².